The van der Waals surface area contributed by atoms with Crippen molar-refractivity contribution in [1.82, 2.24) is 15.2 Å². The fourth-order valence-electron chi connectivity index (χ4n) is 2.23. The molecule has 0 aliphatic heterocycles. The molecule has 1 heterocycles. The van der Waals surface area contributed by atoms with E-state index in [0.29, 0.717) is 0 Å². The van der Waals surface area contributed by atoms with E-state index in [0.717, 1.165) is 11.1 Å². The molecule has 24 heavy (non-hydrogen) atoms. The molecule has 3 aromatic rings. The van der Waals surface area contributed by atoms with E-state index in [1.165, 1.54) is 0 Å². The summed E-state index contributed by atoms with van der Waals surface area (Å²) in [7, 11) is 0. The minimum Gasteiger partial charge on any atom is -0.288 e. The second-order valence-electron chi connectivity index (χ2n) is 5.31. The Morgan fingerprint density at radius 1 is 1.04 bits per heavy atom. The second kappa shape index (κ2) is 7.32. The Morgan fingerprint density at radius 3 is 2.38 bits per heavy atom. The highest BCUT2D eigenvalue weighted by atomic mass is 16.1. The van der Waals surface area contributed by atoms with Crippen LogP contribution in [0.2, 0.25) is 0 Å². The van der Waals surface area contributed by atoms with Gasteiger partial charge < -0.3 is 0 Å². The SMILES string of the molecule is CC(C=NNc1nnc(-c2ccccc2)c(=O)[nH]1)c1ccccc1. The van der Waals surface area contributed by atoms with E-state index in [1.807, 2.05) is 67.6 Å². The normalized spacial score (nSPS) is 12.2. The summed E-state index contributed by atoms with van der Waals surface area (Å²) < 4.78 is 0. The van der Waals surface area contributed by atoms with E-state index >= 15 is 0 Å². The van der Waals surface area contributed by atoms with Gasteiger partial charge in [-0.15, -0.1) is 10.2 Å². The Bertz CT molecular complexity index is 875. The summed E-state index contributed by atoms with van der Waals surface area (Å²) in [5.41, 5.74) is 4.55. The van der Waals surface area contributed by atoms with E-state index in [-0.39, 0.29) is 23.1 Å². The van der Waals surface area contributed by atoms with Crippen molar-refractivity contribution in [3.63, 3.8) is 0 Å². The third-order valence-electron chi connectivity index (χ3n) is 3.54. The number of rotatable bonds is 5. The van der Waals surface area contributed by atoms with Gasteiger partial charge in [-0.3, -0.25) is 9.78 Å². The Hall–Kier alpha value is -3.28. The molecule has 2 aromatic carbocycles. The van der Waals surface area contributed by atoms with Gasteiger partial charge in [0.05, 0.1) is 0 Å². The molecule has 0 amide bonds. The van der Waals surface area contributed by atoms with Crippen LogP contribution in [0.1, 0.15) is 18.4 Å². The lowest BCUT2D eigenvalue weighted by Gasteiger charge is -2.05. The van der Waals surface area contributed by atoms with Crippen molar-refractivity contribution >= 4 is 12.2 Å². The van der Waals surface area contributed by atoms with Crippen LogP contribution < -0.4 is 11.0 Å². The number of benzene rings is 2. The molecule has 0 aliphatic carbocycles. The van der Waals surface area contributed by atoms with Crippen molar-refractivity contribution in [1.29, 1.82) is 0 Å². The van der Waals surface area contributed by atoms with Crippen LogP contribution in [0.3, 0.4) is 0 Å². The van der Waals surface area contributed by atoms with Gasteiger partial charge in [0.25, 0.3) is 5.56 Å². The zero-order valence-corrected chi connectivity index (χ0v) is 13.2. The van der Waals surface area contributed by atoms with Gasteiger partial charge in [-0.2, -0.15) is 5.10 Å². The minimum atomic E-state index is -0.315. The molecule has 2 N–H and O–H groups in total. The lowest BCUT2D eigenvalue weighted by Crippen LogP contribution is -2.15. The topological polar surface area (TPSA) is 83.0 Å². The monoisotopic (exact) mass is 319 g/mol. The smallest absolute Gasteiger partial charge is 0.279 e. The highest BCUT2D eigenvalue weighted by molar-refractivity contribution is 5.68. The fraction of sp³-hybridized carbons (Fsp3) is 0.111. The van der Waals surface area contributed by atoms with Crippen LogP contribution in [0.4, 0.5) is 5.95 Å². The predicted molar refractivity (Wildman–Crippen MR) is 95.1 cm³/mol. The van der Waals surface area contributed by atoms with Gasteiger partial charge in [0.2, 0.25) is 5.95 Å². The first kappa shape index (κ1) is 15.6. The molecule has 0 saturated heterocycles. The first-order chi connectivity index (χ1) is 11.7. The van der Waals surface area contributed by atoms with E-state index in [1.54, 1.807) is 6.21 Å². The summed E-state index contributed by atoms with van der Waals surface area (Å²) in [5, 5.41) is 12.0. The zero-order chi connectivity index (χ0) is 16.8. The third kappa shape index (κ3) is 3.73. The van der Waals surface area contributed by atoms with Crippen LogP contribution in [0.5, 0.6) is 0 Å². The van der Waals surface area contributed by atoms with Crippen LogP contribution >= 0.6 is 0 Å². The van der Waals surface area contributed by atoms with Crippen LogP contribution in [-0.4, -0.2) is 21.4 Å². The van der Waals surface area contributed by atoms with Crippen molar-refractivity contribution in [2.24, 2.45) is 5.10 Å². The lowest BCUT2D eigenvalue weighted by atomic mass is 10.0. The Kier molecular flexibility index (Phi) is 4.76. The molecule has 0 spiro atoms. The summed E-state index contributed by atoms with van der Waals surface area (Å²) in [5.74, 6) is 0.346. The Balaban J connectivity index is 1.69. The number of hydrogen-bond donors (Lipinski definition) is 2. The molecule has 6 nitrogen and oxygen atoms in total. The predicted octanol–water partition coefficient (Wildman–Crippen LogP) is 3.03. The first-order valence-corrected chi connectivity index (χ1v) is 7.60. The number of nitrogens with zero attached hydrogens (tertiary/aromatic N) is 3. The van der Waals surface area contributed by atoms with Crippen molar-refractivity contribution in [3.05, 3.63) is 76.6 Å². The molecule has 0 bridgehead atoms. The molecule has 0 aliphatic rings. The van der Waals surface area contributed by atoms with Gasteiger partial charge in [0.1, 0.15) is 0 Å². The number of hydrogen-bond acceptors (Lipinski definition) is 5. The maximum Gasteiger partial charge on any atom is 0.279 e. The molecular weight excluding hydrogens is 302 g/mol. The number of aromatic amines is 1. The summed E-state index contributed by atoms with van der Waals surface area (Å²) >= 11 is 0. The van der Waals surface area contributed by atoms with E-state index < -0.39 is 0 Å². The highest BCUT2D eigenvalue weighted by Crippen LogP contribution is 2.12. The maximum absolute atomic E-state index is 12.1. The maximum atomic E-state index is 12.1. The van der Waals surface area contributed by atoms with Crippen LogP contribution in [0.25, 0.3) is 11.3 Å². The summed E-state index contributed by atoms with van der Waals surface area (Å²) in [6.45, 7) is 2.04. The van der Waals surface area contributed by atoms with Gasteiger partial charge >= 0.3 is 0 Å². The fourth-order valence-corrected chi connectivity index (χ4v) is 2.23. The van der Waals surface area contributed by atoms with Gasteiger partial charge in [0.15, 0.2) is 5.69 Å². The third-order valence-corrected chi connectivity index (χ3v) is 3.54. The van der Waals surface area contributed by atoms with Crippen LogP contribution in [-0.2, 0) is 0 Å². The largest absolute Gasteiger partial charge is 0.288 e. The second-order valence-corrected chi connectivity index (χ2v) is 5.31. The number of anilines is 1. The lowest BCUT2D eigenvalue weighted by molar-refractivity contribution is 0.943. The molecule has 0 radical (unpaired) electrons. The first-order valence-electron chi connectivity index (χ1n) is 7.60. The van der Waals surface area contributed by atoms with Gasteiger partial charge in [-0.05, 0) is 5.56 Å². The zero-order valence-electron chi connectivity index (χ0n) is 13.2. The van der Waals surface area contributed by atoms with Gasteiger partial charge in [-0.25, -0.2) is 5.43 Å². The molecule has 3 rings (SSSR count). The summed E-state index contributed by atoms with van der Waals surface area (Å²) in [6.07, 6.45) is 1.75. The summed E-state index contributed by atoms with van der Waals surface area (Å²) in [4.78, 5) is 14.7. The molecular formula is C18H17N5O. The number of H-pyrrole nitrogens is 1. The van der Waals surface area contributed by atoms with Crippen molar-refractivity contribution in [2.45, 2.75) is 12.8 Å². The van der Waals surface area contributed by atoms with E-state index in [2.05, 4.69) is 25.7 Å². The molecule has 120 valence electrons. The van der Waals surface area contributed by atoms with E-state index in [4.69, 9.17) is 0 Å². The number of nitrogens with one attached hydrogen (secondary N) is 2. The standard InChI is InChI=1S/C18H17N5O/c1-13(14-8-4-2-5-9-14)12-19-22-18-20-17(24)16(21-23-18)15-10-6-3-7-11-15/h2-13H,1H3,(H2,20,22,23,24). The molecule has 1 atom stereocenters. The van der Waals surface area contributed by atoms with Gasteiger partial charge in [-0.1, -0.05) is 67.6 Å². The van der Waals surface area contributed by atoms with E-state index in [9.17, 15) is 4.79 Å². The van der Waals surface area contributed by atoms with Gasteiger partial charge in [0, 0.05) is 17.7 Å². The highest BCUT2D eigenvalue weighted by Gasteiger charge is 2.06. The Morgan fingerprint density at radius 2 is 1.71 bits per heavy atom. The number of aromatic nitrogens is 3. The quantitative estimate of drug-likeness (QED) is 0.559. The van der Waals surface area contributed by atoms with Crippen molar-refractivity contribution < 1.29 is 0 Å². The average molecular weight is 319 g/mol. The molecule has 0 fully saturated rings. The number of hydrazone groups is 1. The van der Waals surface area contributed by atoms with Crippen molar-refractivity contribution in [2.75, 3.05) is 5.43 Å². The molecule has 6 heteroatoms. The molecule has 1 aromatic heterocycles. The minimum absolute atomic E-state index is 0.141. The van der Waals surface area contributed by atoms with Crippen LogP contribution in [0, 0.1) is 0 Å². The molecule has 0 saturated carbocycles. The Labute approximate surface area is 139 Å². The van der Waals surface area contributed by atoms with Crippen molar-refractivity contribution in [3.8, 4) is 11.3 Å². The average Bonchev–Trinajstić information content (AvgIpc) is 2.63. The summed E-state index contributed by atoms with van der Waals surface area (Å²) in [6, 6.07) is 19.2. The molecule has 1 unspecified atom stereocenters. The van der Waals surface area contributed by atoms with Crippen LogP contribution in [0.15, 0.2) is 70.6 Å².